The zero-order chi connectivity index (χ0) is 28.2. The van der Waals surface area contributed by atoms with E-state index < -0.39 is 33.6 Å². The van der Waals surface area contributed by atoms with Crippen LogP contribution in [0.25, 0.3) is 0 Å². The van der Waals surface area contributed by atoms with Gasteiger partial charge in [-0.3, -0.25) is 9.59 Å². The summed E-state index contributed by atoms with van der Waals surface area (Å²) in [5.74, 6) is -1.58. The van der Waals surface area contributed by atoms with Gasteiger partial charge in [0.05, 0.1) is 21.6 Å². The van der Waals surface area contributed by atoms with Crippen molar-refractivity contribution < 1.29 is 24.0 Å². The number of aliphatic carboxylic acids is 2. The molecule has 0 aromatic carbocycles. The summed E-state index contributed by atoms with van der Waals surface area (Å²) in [6.07, 6.45) is 16.6. The number of carbonyl (C=O) groups is 2. The molecule has 0 aromatic rings. The molecule has 2 N–H and O–H groups in total. The largest absolute Gasteiger partial charge is 0.481 e. The van der Waals surface area contributed by atoms with E-state index in [4.69, 9.17) is 0 Å². The van der Waals surface area contributed by atoms with Crippen LogP contribution in [0.15, 0.2) is 56.1 Å². The number of hydrogen-bond donors (Lipinski definition) is 2. The minimum Gasteiger partial charge on any atom is -0.481 e. The molecule has 37 heavy (non-hydrogen) atoms. The summed E-state index contributed by atoms with van der Waals surface area (Å²) in [6, 6.07) is 0. The predicted octanol–water partition coefficient (Wildman–Crippen LogP) is 8.20. The Bertz CT molecular complexity index is 1080. The lowest BCUT2D eigenvalue weighted by atomic mass is 9.86. The summed E-state index contributed by atoms with van der Waals surface area (Å²) in [7, 11) is -1.27. The molecule has 0 bridgehead atoms. The van der Waals surface area contributed by atoms with Crippen LogP contribution in [-0.4, -0.2) is 26.4 Å². The Labute approximate surface area is 229 Å². The van der Waals surface area contributed by atoms with Crippen LogP contribution in [0.2, 0.25) is 0 Å². The molecular weight excluding hydrogens is 504 g/mol. The van der Waals surface area contributed by atoms with Crippen LogP contribution in [0.1, 0.15) is 93.9 Å². The van der Waals surface area contributed by atoms with Crippen LogP contribution in [0.5, 0.6) is 0 Å². The Kier molecular flexibility index (Phi) is 10.1. The highest BCUT2D eigenvalue weighted by Gasteiger charge is 2.29. The summed E-state index contributed by atoms with van der Waals surface area (Å²) in [4.78, 5) is 26.8. The first-order valence-corrected chi connectivity index (χ1v) is 14.9. The molecule has 1 atom stereocenters. The van der Waals surface area contributed by atoms with Crippen LogP contribution in [0.3, 0.4) is 0 Å². The predicted molar refractivity (Wildman–Crippen MR) is 155 cm³/mol. The minimum absolute atomic E-state index is 0.121. The number of hydrogen-bond acceptors (Lipinski definition) is 4. The van der Waals surface area contributed by atoms with Gasteiger partial charge in [0.15, 0.2) is 0 Å². The molecule has 7 heteroatoms. The van der Waals surface area contributed by atoms with Gasteiger partial charge in [-0.25, -0.2) is 4.21 Å². The molecule has 0 aliphatic carbocycles. The summed E-state index contributed by atoms with van der Waals surface area (Å²) in [6.45, 7) is 15.5. The second kappa shape index (κ2) is 11.9. The molecule has 1 unspecified atom stereocenters. The Morgan fingerprint density at radius 2 is 1.35 bits per heavy atom. The van der Waals surface area contributed by atoms with E-state index in [1.807, 2.05) is 18.2 Å². The molecule has 2 heterocycles. The van der Waals surface area contributed by atoms with Gasteiger partial charge < -0.3 is 10.2 Å². The number of rotatable bonds is 12. The molecule has 5 nitrogen and oxygen atoms in total. The van der Waals surface area contributed by atoms with Crippen molar-refractivity contribution in [2.45, 2.75) is 93.9 Å². The average molecular weight is 549 g/mol. The van der Waals surface area contributed by atoms with Gasteiger partial charge in [0.25, 0.3) is 0 Å². The van der Waals surface area contributed by atoms with Gasteiger partial charge in [-0.15, -0.1) is 0 Å². The normalized spacial score (nSPS) is 21.7. The van der Waals surface area contributed by atoms with Gasteiger partial charge >= 0.3 is 11.9 Å². The maximum Gasteiger partial charge on any atom is 0.309 e. The average Bonchev–Trinajstić information content (AvgIpc) is 2.73. The Morgan fingerprint density at radius 3 is 1.89 bits per heavy atom. The monoisotopic (exact) mass is 548 g/mol. The molecule has 206 valence electrons. The second-order valence-electron chi connectivity index (χ2n) is 12.7. The zero-order valence-corrected chi connectivity index (χ0v) is 25.3. The second-order valence-corrected chi connectivity index (χ2v) is 15.5. The quantitative estimate of drug-likeness (QED) is 0.255. The van der Waals surface area contributed by atoms with E-state index in [-0.39, 0.29) is 10.8 Å². The Hall–Kier alpha value is -1.86. The number of carboxylic acid groups (broad SMARTS) is 2. The third-order valence-corrected chi connectivity index (χ3v) is 9.37. The molecule has 0 fully saturated rings. The molecule has 0 spiro atoms. The van der Waals surface area contributed by atoms with Crippen molar-refractivity contribution in [3.05, 3.63) is 56.1 Å². The highest BCUT2D eigenvalue weighted by Crippen LogP contribution is 2.43. The first-order chi connectivity index (χ1) is 16.8. The third-order valence-electron chi connectivity index (χ3n) is 6.82. The summed E-state index contributed by atoms with van der Waals surface area (Å²) < 4.78 is 13.4. The smallest absolute Gasteiger partial charge is 0.309 e. The van der Waals surface area contributed by atoms with Crippen molar-refractivity contribution in [3.8, 4) is 0 Å². The maximum absolute atomic E-state index is 13.4. The fourth-order valence-electron chi connectivity index (χ4n) is 4.38. The lowest BCUT2D eigenvalue weighted by Gasteiger charge is -2.27. The highest BCUT2D eigenvalue weighted by molar-refractivity contribution is 8.07. The van der Waals surface area contributed by atoms with E-state index >= 15 is 0 Å². The number of thioether (sulfide) groups is 1. The van der Waals surface area contributed by atoms with Gasteiger partial charge in [-0.2, -0.15) is 0 Å². The molecule has 0 saturated carbocycles. The lowest BCUT2D eigenvalue weighted by Crippen LogP contribution is -2.23. The highest BCUT2D eigenvalue weighted by atomic mass is 32.2. The fraction of sp³-hybridized carbons (Fsp3) is 0.600. The summed E-state index contributed by atoms with van der Waals surface area (Å²) in [5.41, 5.74) is -1.88. The van der Waals surface area contributed by atoms with Crippen molar-refractivity contribution in [3.63, 3.8) is 0 Å². The van der Waals surface area contributed by atoms with Gasteiger partial charge in [0.2, 0.25) is 0 Å². The van der Waals surface area contributed by atoms with Crippen molar-refractivity contribution in [2.75, 3.05) is 0 Å². The van der Waals surface area contributed by atoms with Crippen molar-refractivity contribution in [1.82, 2.24) is 0 Å². The number of allylic oxidation sites excluding steroid dienone is 8. The van der Waals surface area contributed by atoms with Gasteiger partial charge in [0, 0.05) is 25.5 Å². The fourth-order valence-corrected chi connectivity index (χ4v) is 7.44. The molecule has 2 aliphatic rings. The van der Waals surface area contributed by atoms with Gasteiger partial charge in [-0.1, -0.05) is 63.8 Å². The van der Waals surface area contributed by atoms with Crippen molar-refractivity contribution in [1.29, 1.82) is 0 Å². The molecule has 2 rings (SSSR count). The Morgan fingerprint density at radius 1 is 0.838 bits per heavy atom. The third kappa shape index (κ3) is 9.43. The van der Waals surface area contributed by atoms with Gasteiger partial charge in [-0.05, 0) is 83.3 Å². The van der Waals surface area contributed by atoms with E-state index in [1.54, 1.807) is 39.5 Å². The van der Waals surface area contributed by atoms with Crippen LogP contribution in [-0.2, 0) is 20.4 Å². The van der Waals surface area contributed by atoms with Gasteiger partial charge in [0.1, 0.15) is 0 Å². The molecule has 0 radical (unpaired) electrons. The first kappa shape index (κ1) is 31.4. The van der Waals surface area contributed by atoms with Crippen LogP contribution >= 0.6 is 11.8 Å². The molecule has 0 saturated heterocycles. The Balaban J connectivity index is 2.09. The van der Waals surface area contributed by atoms with Crippen LogP contribution in [0.4, 0.5) is 0 Å². The molecular formula is C30H44O5S2. The van der Waals surface area contributed by atoms with E-state index in [0.717, 1.165) is 27.6 Å². The van der Waals surface area contributed by atoms with E-state index in [0.29, 0.717) is 25.7 Å². The number of carboxylic acids is 2. The van der Waals surface area contributed by atoms with E-state index in [1.165, 1.54) is 4.91 Å². The first-order valence-electron chi connectivity index (χ1n) is 13.0. The molecule has 2 aliphatic heterocycles. The SMILES string of the molecule is CC1(C)C=C(/C=C\C2=CC(C)(C)C=C(CCCC(C)(C)C(=O)O)S2=O)SC(CCCC(C)(C)C(=O)O)=C1. The maximum atomic E-state index is 13.4. The standard InChI is InChI=1S/C30H44O5S2/c1-27(2)17-21(11-9-15-29(5,6)25(31)32)36-22(18-27)13-14-24-20-28(3,4)19-23(37(24)35)12-10-16-30(7,8)26(33)34/h13-14,17-20H,9-12,15-16H2,1-8H3,(H,31,32)(H,33,34)/b14-13-. The van der Waals surface area contributed by atoms with Crippen molar-refractivity contribution >= 4 is 34.5 Å². The summed E-state index contributed by atoms with van der Waals surface area (Å²) >= 11 is 1.69. The molecule has 0 amide bonds. The summed E-state index contributed by atoms with van der Waals surface area (Å²) in [5, 5.41) is 18.8. The zero-order valence-electron chi connectivity index (χ0n) is 23.6. The van der Waals surface area contributed by atoms with E-state index in [2.05, 4.69) is 45.9 Å². The van der Waals surface area contributed by atoms with E-state index in [9.17, 15) is 24.0 Å². The minimum atomic E-state index is -1.27. The topological polar surface area (TPSA) is 91.7 Å². The molecule has 0 aromatic heterocycles. The van der Waals surface area contributed by atoms with Crippen LogP contribution in [0, 0.1) is 21.7 Å². The lowest BCUT2D eigenvalue weighted by molar-refractivity contribution is -0.148. The van der Waals surface area contributed by atoms with Crippen LogP contribution < -0.4 is 0 Å². The van der Waals surface area contributed by atoms with Crippen molar-refractivity contribution in [2.24, 2.45) is 21.7 Å².